The second kappa shape index (κ2) is 13.2. The van der Waals surface area contributed by atoms with Gasteiger partial charge < -0.3 is 5.84 Å². The predicted octanol–water partition coefficient (Wildman–Crippen LogP) is 8.64. The highest BCUT2D eigenvalue weighted by Gasteiger charge is 2.26. The lowest BCUT2D eigenvalue weighted by Gasteiger charge is -2.22. The van der Waals surface area contributed by atoms with E-state index in [-0.39, 0.29) is 5.38 Å². The van der Waals surface area contributed by atoms with Gasteiger partial charge in [-0.2, -0.15) is 5.10 Å². The van der Waals surface area contributed by atoms with Gasteiger partial charge >= 0.3 is 0 Å². The van der Waals surface area contributed by atoms with Gasteiger partial charge in [-0.15, -0.1) is 23.4 Å². The van der Waals surface area contributed by atoms with Gasteiger partial charge in [0.15, 0.2) is 0 Å². The molecule has 192 valence electrons. The van der Waals surface area contributed by atoms with Crippen LogP contribution in [0.3, 0.4) is 0 Å². The van der Waals surface area contributed by atoms with Crippen LogP contribution in [0.5, 0.6) is 0 Å². The molecular formula is C28H33Cl3N4S. The summed E-state index contributed by atoms with van der Waals surface area (Å²) in [6, 6.07) is 7.91. The van der Waals surface area contributed by atoms with Crippen LogP contribution in [0.2, 0.25) is 5.02 Å². The Balaban J connectivity index is 1.77. The molecule has 0 saturated heterocycles. The normalized spacial score (nSPS) is 22.4. The Labute approximate surface area is 233 Å². The molecule has 0 spiro atoms. The Morgan fingerprint density at radius 2 is 1.89 bits per heavy atom. The van der Waals surface area contributed by atoms with Crippen molar-refractivity contribution in [1.29, 1.82) is 0 Å². The average Bonchev–Trinajstić information content (AvgIpc) is 3.23. The first-order chi connectivity index (χ1) is 17.5. The molecule has 0 amide bonds. The molecule has 2 aliphatic rings. The van der Waals surface area contributed by atoms with E-state index in [1.807, 2.05) is 42.5 Å². The molecule has 0 aliphatic heterocycles. The van der Waals surface area contributed by atoms with Crippen LogP contribution in [-0.4, -0.2) is 20.0 Å². The largest absolute Gasteiger partial charge is 0.323 e. The molecule has 1 saturated carbocycles. The highest BCUT2D eigenvalue weighted by Crippen LogP contribution is 2.35. The van der Waals surface area contributed by atoms with E-state index in [1.165, 1.54) is 37.8 Å². The van der Waals surface area contributed by atoms with Gasteiger partial charge in [-0.05, 0) is 56.0 Å². The fraction of sp³-hybridized carbons (Fsp3) is 0.429. The molecule has 1 atom stereocenters. The third-order valence-corrected chi connectivity index (χ3v) is 8.76. The van der Waals surface area contributed by atoms with Gasteiger partial charge in [0, 0.05) is 38.7 Å². The molecule has 0 bridgehead atoms. The summed E-state index contributed by atoms with van der Waals surface area (Å²) in [4.78, 5) is 5.22. The maximum atomic E-state index is 6.88. The van der Waals surface area contributed by atoms with E-state index in [9.17, 15) is 0 Å². The van der Waals surface area contributed by atoms with Crippen LogP contribution in [0.15, 0.2) is 58.7 Å². The highest BCUT2D eigenvalue weighted by molar-refractivity contribution is 8.13. The number of thioether (sulfide) groups is 1. The first kappa shape index (κ1) is 27.4. The molecule has 8 heteroatoms. The minimum absolute atomic E-state index is 0.348. The van der Waals surface area contributed by atoms with E-state index in [0.717, 1.165) is 46.4 Å². The summed E-state index contributed by atoms with van der Waals surface area (Å²) in [7, 11) is 0. The monoisotopic (exact) mass is 562 g/mol. The molecule has 36 heavy (non-hydrogen) atoms. The number of halogens is 3. The standard InChI is InChI=1S/C28H33Cl3N4S/c1-2-7-26-25(18-36-28(34-32)19-8-4-3-5-9-19)33-27(35(26)22-15-12-21(30)13-16-22)23-11-6-10-20(29)14-17-24(23)31/h10-17,19,24H,2-9,18,32H2,1H3/b17-14?,20-10+,23-11+,34-28-. The van der Waals surface area contributed by atoms with E-state index >= 15 is 0 Å². The number of benzene rings is 1. The van der Waals surface area contributed by atoms with Crippen molar-refractivity contribution in [2.45, 2.75) is 69.4 Å². The van der Waals surface area contributed by atoms with Gasteiger partial charge in [0.1, 0.15) is 5.82 Å². The van der Waals surface area contributed by atoms with Gasteiger partial charge in [-0.1, -0.05) is 74.0 Å². The topological polar surface area (TPSA) is 56.2 Å². The summed E-state index contributed by atoms with van der Waals surface area (Å²) >= 11 is 21.1. The molecular weight excluding hydrogens is 531 g/mol. The Morgan fingerprint density at radius 1 is 1.14 bits per heavy atom. The quantitative estimate of drug-likeness (QED) is 0.121. The first-order valence-corrected chi connectivity index (χ1v) is 14.8. The number of allylic oxidation sites excluding steroid dienone is 6. The van der Waals surface area contributed by atoms with Crippen LogP contribution in [0.4, 0.5) is 0 Å². The number of nitrogens with two attached hydrogens (primary N) is 1. The van der Waals surface area contributed by atoms with Crippen molar-refractivity contribution in [3.05, 3.63) is 75.8 Å². The number of nitrogens with zero attached hydrogens (tertiary/aromatic N) is 3. The summed E-state index contributed by atoms with van der Waals surface area (Å²) in [5.74, 6) is 7.90. The molecule has 2 N–H and O–H groups in total. The van der Waals surface area contributed by atoms with Crippen molar-refractivity contribution >= 4 is 57.2 Å². The number of rotatable bonds is 7. The van der Waals surface area contributed by atoms with Crippen molar-refractivity contribution in [2.24, 2.45) is 16.9 Å². The summed E-state index contributed by atoms with van der Waals surface area (Å²) in [5, 5.41) is 6.29. The van der Waals surface area contributed by atoms with Crippen LogP contribution in [0.25, 0.3) is 11.3 Å². The highest BCUT2D eigenvalue weighted by atomic mass is 35.5. The summed E-state index contributed by atoms with van der Waals surface area (Å²) in [5.41, 5.74) is 4.22. The fourth-order valence-corrected chi connectivity index (χ4v) is 6.50. The Morgan fingerprint density at radius 3 is 2.58 bits per heavy atom. The second-order valence-electron chi connectivity index (χ2n) is 9.23. The van der Waals surface area contributed by atoms with Gasteiger partial charge in [0.25, 0.3) is 0 Å². The Hall–Kier alpha value is -1.66. The van der Waals surface area contributed by atoms with Crippen LogP contribution >= 0.6 is 46.6 Å². The maximum absolute atomic E-state index is 6.88. The zero-order valence-electron chi connectivity index (χ0n) is 20.6. The molecule has 4 nitrogen and oxygen atoms in total. The number of imidazole rings is 1. The van der Waals surface area contributed by atoms with E-state index in [4.69, 9.17) is 45.6 Å². The third kappa shape index (κ3) is 6.61. The van der Waals surface area contributed by atoms with Gasteiger partial charge in [-0.25, -0.2) is 4.98 Å². The van der Waals surface area contributed by atoms with Crippen molar-refractivity contribution in [3.63, 3.8) is 0 Å². The lowest BCUT2D eigenvalue weighted by molar-refractivity contribution is 0.442. The predicted molar refractivity (Wildman–Crippen MR) is 157 cm³/mol. The molecule has 1 heterocycles. The van der Waals surface area contributed by atoms with E-state index in [1.54, 1.807) is 11.8 Å². The van der Waals surface area contributed by atoms with Crippen LogP contribution in [0, 0.1) is 5.92 Å². The Bertz CT molecular complexity index is 1160. The molecule has 1 fully saturated rings. The summed E-state index contributed by atoms with van der Waals surface area (Å²) < 4.78 is 2.25. The lowest BCUT2D eigenvalue weighted by atomic mass is 9.90. The smallest absolute Gasteiger partial charge is 0.142 e. The maximum Gasteiger partial charge on any atom is 0.142 e. The Kier molecular flexibility index (Phi) is 10.1. The van der Waals surface area contributed by atoms with Gasteiger partial charge in [0.05, 0.1) is 16.1 Å². The van der Waals surface area contributed by atoms with Crippen LogP contribution in [0.1, 0.15) is 69.1 Å². The molecule has 1 unspecified atom stereocenters. The van der Waals surface area contributed by atoms with Crippen LogP contribution in [-0.2, 0) is 12.2 Å². The third-order valence-electron chi connectivity index (χ3n) is 6.70. The molecule has 2 aromatic rings. The van der Waals surface area contributed by atoms with Gasteiger partial charge in [-0.3, -0.25) is 4.57 Å². The first-order valence-electron chi connectivity index (χ1n) is 12.7. The molecule has 2 aliphatic carbocycles. The van der Waals surface area contributed by atoms with E-state index in [0.29, 0.717) is 22.4 Å². The summed E-state index contributed by atoms with van der Waals surface area (Å²) in [6.45, 7) is 2.19. The van der Waals surface area contributed by atoms with E-state index < -0.39 is 0 Å². The van der Waals surface area contributed by atoms with E-state index in [2.05, 4.69) is 22.7 Å². The minimum atomic E-state index is -0.348. The molecule has 1 aromatic carbocycles. The van der Waals surface area contributed by atoms with Crippen molar-refractivity contribution < 1.29 is 0 Å². The number of aromatic nitrogens is 2. The number of hydrogen-bond donors (Lipinski definition) is 1. The lowest BCUT2D eigenvalue weighted by Crippen LogP contribution is -2.17. The minimum Gasteiger partial charge on any atom is -0.323 e. The van der Waals surface area contributed by atoms with Gasteiger partial charge in [0.2, 0.25) is 0 Å². The number of hydrogen-bond acceptors (Lipinski definition) is 4. The van der Waals surface area contributed by atoms with Crippen molar-refractivity contribution in [3.8, 4) is 5.69 Å². The van der Waals surface area contributed by atoms with Crippen molar-refractivity contribution in [2.75, 3.05) is 0 Å². The molecule has 0 radical (unpaired) electrons. The average molecular weight is 564 g/mol. The molecule has 4 rings (SSSR count). The number of hydrazone groups is 1. The summed E-state index contributed by atoms with van der Waals surface area (Å²) in [6.07, 6.45) is 16.6. The zero-order valence-corrected chi connectivity index (χ0v) is 23.7. The number of alkyl halides is 1. The fourth-order valence-electron chi connectivity index (χ4n) is 4.90. The zero-order chi connectivity index (χ0) is 25.5. The second-order valence-corrected chi connectivity index (χ2v) is 11.6. The van der Waals surface area contributed by atoms with Crippen molar-refractivity contribution in [1.82, 2.24) is 9.55 Å². The molecule has 1 aromatic heterocycles. The van der Waals surface area contributed by atoms with Crippen LogP contribution < -0.4 is 5.84 Å². The SMILES string of the molecule is CCCc1c(CS/C(=N\N)C2CCCCC2)nc(/C2=C/C/C=C(/Cl)C=CC2Cl)n1-c1ccc(Cl)cc1.